The Hall–Kier alpha value is -1.08. The van der Waals surface area contributed by atoms with E-state index in [1.807, 2.05) is 36.5 Å². The lowest BCUT2D eigenvalue weighted by Gasteiger charge is -2.15. The SMILES string of the molecule is CNCC1CCN(C(=O)c2cc(-c3csc(C)n3)c[nH]2)C1.Cl.Cl. The fourth-order valence-electron chi connectivity index (χ4n) is 2.80. The van der Waals surface area contributed by atoms with Crippen molar-refractivity contribution in [1.82, 2.24) is 20.2 Å². The summed E-state index contributed by atoms with van der Waals surface area (Å²) in [6, 6.07) is 1.90. The number of nitrogens with one attached hydrogen (secondary N) is 2. The van der Waals surface area contributed by atoms with Crippen LogP contribution in [0, 0.1) is 12.8 Å². The lowest BCUT2D eigenvalue weighted by Crippen LogP contribution is -2.30. The van der Waals surface area contributed by atoms with Gasteiger partial charge in [0.15, 0.2) is 0 Å². The highest BCUT2D eigenvalue weighted by molar-refractivity contribution is 7.09. The van der Waals surface area contributed by atoms with Gasteiger partial charge in [-0.25, -0.2) is 4.98 Å². The second kappa shape index (κ2) is 8.68. The van der Waals surface area contributed by atoms with E-state index in [0.29, 0.717) is 11.6 Å². The van der Waals surface area contributed by atoms with Crippen molar-refractivity contribution >= 4 is 42.1 Å². The molecule has 3 heterocycles. The van der Waals surface area contributed by atoms with Crippen LogP contribution in [-0.2, 0) is 0 Å². The lowest BCUT2D eigenvalue weighted by molar-refractivity contribution is 0.0782. The van der Waals surface area contributed by atoms with Crippen LogP contribution in [0.4, 0.5) is 0 Å². The van der Waals surface area contributed by atoms with Crippen LogP contribution in [0.5, 0.6) is 0 Å². The number of likely N-dealkylation sites (tertiary alicyclic amines) is 1. The molecule has 1 aliphatic heterocycles. The molecule has 1 amide bonds. The second-order valence-corrected chi connectivity index (χ2v) is 6.58. The predicted molar refractivity (Wildman–Crippen MR) is 99.1 cm³/mol. The van der Waals surface area contributed by atoms with Crippen LogP contribution < -0.4 is 5.32 Å². The molecule has 1 unspecified atom stereocenters. The first-order chi connectivity index (χ1) is 10.2. The number of aromatic nitrogens is 2. The number of nitrogens with zero attached hydrogens (tertiary/aromatic N) is 2. The van der Waals surface area contributed by atoms with Gasteiger partial charge in [-0.2, -0.15) is 0 Å². The molecule has 0 bridgehead atoms. The standard InChI is InChI=1S/C15H20N4OS.2ClH/c1-10-18-14(9-21-10)12-5-13(17-7-12)15(20)19-4-3-11(8-19)6-16-2;;/h5,7,9,11,16-17H,3-4,6,8H2,1-2H3;2*1H. The molecule has 1 fully saturated rings. The maximum Gasteiger partial charge on any atom is 0.270 e. The minimum Gasteiger partial charge on any atom is -0.357 e. The smallest absolute Gasteiger partial charge is 0.270 e. The Balaban J connectivity index is 0.00000132. The second-order valence-electron chi connectivity index (χ2n) is 5.52. The minimum atomic E-state index is 0. The molecule has 1 atom stereocenters. The van der Waals surface area contributed by atoms with Crippen molar-refractivity contribution in [3.8, 4) is 11.3 Å². The number of carbonyl (C=O) groups is 1. The number of aromatic amines is 1. The summed E-state index contributed by atoms with van der Waals surface area (Å²) in [6.07, 6.45) is 2.94. The van der Waals surface area contributed by atoms with E-state index in [0.717, 1.165) is 42.3 Å². The molecular formula is C15H22Cl2N4OS. The highest BCUT2D eigenvalue weighted by atomic mass is 35.5. The first kappa shape index (κ1) is 20.0. The molecule has 23 heavy (non-hydrogen) atoms. The first-order valence-corrected chi connectivity index (χ1v) is 8.10. The lowest BCUT2D eigenvalue weighted by atomic mass is 10.1. The zero-order valence-electron chi connectivity index (χ0n) is 13.2. The number of thiazole rings is 1. The van der Waals surface area contributed by atoms with E-state index in [1.54, 1.807) is 11.3 Å². The Labute approximate surface area is 152 Å². The van der Waals surface area contributed by atoms with Gasteiger partial charge in [-0.05, 0) is 38.9 Å². The monoisotopic (exact) mass is 376 g/mol. The third kappa shape index (κ3) is 4.47. The van der Waals surface area contributed by atoms with Gasteiger partial charge in [-0.3, -0.25) is 4.79 Å². The highest BCUT2D eigenvalue weighted by Crippen LogP contribution is 2.24. The number of hydrogen-bond donors (Lipinski definition) is 2. The Morgan fingerprint density at radius 1 is 1.52 bits per heavy atom. The van der Waals surface area contributed by atoms with Gasteiger partial charge in [-0.15, -0.1) is 36.2 Å². The molecule has 2 aromatic rings. The van der Waals surface area contributed by atoms with Crippen LogP contribution in [0.2, 0.25) is 0 Å². The summed E-state index contributed by atoms with van der Waals surface area (Å²) in [5, 5.41) is 6.24. The Morgan fingerprint density at radius 3 is 2.96 bits per heavy atom. The summed E-state index contributed by atoms with van der Waals surface area (Å²) in [5.41, 5.74) is 2.57. The molecule has 5 nitrogen and oxygen atoms in total. The van der Waals surface area contributed by atoms with Crippen molar-refractivity contribution in [2.75, 3.05) is 26.7 Å². The highest BCUT2D eigenvalue weighted by Gasteiger charge is 2.27. The topological polar surface area (TPSA) is 61.0 Å². The molecule has 1 saturated heterocycles. The van der Waals surface area contributed by atoms with Crippen LogP contribution in [0.1, 0.15) is 21.9 Å². The van der Waals surface area contributed by atoms with Crippen molar-refractivity contribution in [3.05, 3.63) is 28.3 Å². The molecule has 0 spiro atoms. The van der Waals surface area contributed by atoms with Gasteiger partial charge in [0.1, 0.15) is 5.69 Å². The zero-order chi connectivity index (χ0) is 14.8. The van der Waals surface area contributed by atoms with Gasteiger partial charge < -0.3 is 15.2 Å². The van der Waals surface area contributed by atoms with Crippen molar-refractivity contribution in [2.45, 2.75) is 13.3 Å². The number of aryl methyl sites for hydroxylation is 1. The van der Waals surface area contributed by atoms with Gasteiger partial charge in [0.05, 0.1) is 10.7 Å². The Kier molecular flexibility index (Phi) is 7.54. The summed E-state index contributed by atoms with van der Waals surface area (Å²) in [5.74, 6) is 0.654. The van der Waals surface area contributed by atoms with E-state index in [4.69, 9.17) is 0 Å². The fourth-order valence-corrected chi connectivity index (χ4v) is 3.43. The molecule has 0 aliphatic carbocycles. The van der Waals surface area contributed by atoms with Crippen molar-refractivity contribution < 1.29 is 4.79 Å². The van der Waals surface area contributed by atoms with Crippen molar-refractivity contribution in [2.24, 2.45) is 5.92 Å². The summed E-state index contributed by atoms with van der Waals surface area (Å²) < 4.78 is 0. The Bertz CT molecular complexity index is 643. The number of amides is 1. The van der Waals surface area contributed by atoms with Crippen molar-refractivity contribution in [1.29, 1.82) is 0 Å². The van der Waals surface area contributed by atoms with Crippen LogP contribution in [0.15, 0.2) is 17.6 Å². The molecule has 2 N–H and O–H groups in total. The van der Waals surface area contributed by atoms with Gasteiger partial charge in [0.2, 0.25) is 0 Å². The van der Waals surface area contributed by atoms with Gasteiger partial charge >= 0.3 is 0 Å². The quantitative estimate of drug-likeness (QED) is 0.861. The van der Waals surface area contributed by atoms with E-state index in [1.165, 1.54) is 0 Å². The maximum atomic E-state index is 12.5. The van der Waals surface area contributed by atoms with E-state index in [2.05, 4.69) is 15.3 Å². The van der Waals surface area contributed by atoms with Crippen LogP contribution in [0.25, 0.3) is 11.3 Å². The molecule has 1 aliphatic rings. The molecule has 8 heteroatoms. The summed E-state index contributed by atoms with van der Waals surface area (Å²) in [4.78, 5) is 22.0. The third-order valence-electron chi connectivity index (χ3n) is 3.89. The van der Waals surface area contributed by atoms with E-state index in [-0.39, 0.29) is 30.7 Å². The molecular weight excluding hydrogens is 355 g/mol. The van der Waals surface area contributed by atoms with Gasteiger partial charge in [0, 0.05) is 30.2 Å². The number of hydrogen-bond acceptors (Lipinski definition) is 4. The van der Waals surface area contributed by atoms with Crippen LogP contribution >= 0.6 is 36.2 Å². The van der Waals surface area contributed by atoms with E-state index >= 15 is 0 Å². The molecule has 0 radical (unpaired) electrons. The first-order valence-electron chi connectivity index (χ1n) is 7.22. The normalized spacial score (nSPS) is 16.8. The molecule has 3 rings (SSSR count). The molecule has 128 valence electrons. The number of carbonyl (C=O) groups excluding carboxylic acids is 1. The number of H-pyrrole nitrogens is 1. The summed E-state index contributed by atoms with van der Waals surface area (Å²) >= 11 is 1.62. The molecule has 0 aromatic carbocycles. The average molecular weight is 377 g/mol. The Morgan fingerprint density at radius 2 is 2.30 bits per heavy atom. The fraction of sp³-hybridized carbons (Fsp3) is 0.467. The largest absolute Gasteiger partial charge is 0.357 e. The average Bonchev–Trinajstić information content (AvgIpc) is 3.17. The molecule has 0 saturated carbocycles. The summed E-state index contributed by atoms with van der Waals surface area (Å²) in [6.45, 7) is 4.63. The minimum absolute atomic E-state index is 0. The molecule has 2 aromatic heterocycles. The third-order valence-corrected chi connectivity index (χ3v) is 4.67. The van der Waals surface area contributed by atoms with Gasteiger partial charge in [-0.1, -0.05) is 0 Å². The predicted octanol–water partition coefficient (Wildman–Crippen LogP) is 2.97. The van der Waals surface area contributed by atoms with E-state index in [9.17, 15) is 4.79 Å². The zero-order valence-corrected chi connectivity index (χ0v) is 15.6. The number of rotatable bonds is 4. The summed E-state index contributed by atoms with van der Waals surface area (Å²) in [7, 11) is 1.96. The maximum absolute atomic E-state index is 12.5. The number of halogens is 2. The van der Waals surface area contributed by atoms with Crippen molar-refractivity contribution in [3.63, 3.8) is 0 Å². The van der Waals surface area contributed by atoms with Gasteiger partial charge in [0.25, 0.3) is 5.91 Å². The van der Waals surface area contributed by atoms with E-state index < -0.39 is 0 Å². The van der Waals surface area contributed by atoms with Crippen LogP contribution in [-0.4, -0.2) is 47.5 Å². The van der Waals surface area contributed by atoms with Crippen LogP contribution in [0.3, 0.4) is 0 Å².